The van der Waals surface area contributed by atoms with Gasteiger partial charge in [0.05, 0.1) is 6.61 Å². The summed E-state index contributed by atoms with van der Waals surface area (Å²) < 4.78 is 5.97. The quantitative estimate of drug-likeness (QED) is 0.551. The van der Waals surface area contributed by atoms with Gasteiger partial charge in [-0.1, -0.05) is 36.4 Å². The average molecular weight is 360 g/mol. The number of carboxylic acid groups (broad SMARTS) is 2. The van der Waals surface area contributed by atoms with Crippen LogP contribution in [-0.4, -0.2) is 66.4 Å². The van der Waals surface area contributed by atoms with Crippen molar-refractivity contribution < 1.29 is 24.5 Å². The number of carbonyl (C=O) groups is 2. The largest absolute Gasteiger partial charge is 0.493 e. The molecule has 0 bridgehead atoms. The number of nitrogens with zero attached hydrogens (tertiary/aromatic N) is 1. The first-order valence-electron chi connectivity index (χ1n) is 8.58. The normalized spacial score (nSPS) is 14.3. The third-order valence-corrected chi connectivity index (χ3v) is 4.02. The predicted molar refractivity (Wildman–Crippen MR) is 98.6 cm³/mol. The fourth-order valence-electron chi connectivity index (χ4n) is 2.73. The minimum atomic E-state index is -1.82. The Morgan fingerprint density at radius 2 is 1.65 bits per heavy atom. The fourth-order valence-corrected chi connectivity index (χ4v) is 2.73. The number of fused-ring (bicyclic) bond motifs is 1. The Kier molecular flexibility index (Phi) is 7.85. The summed E-state index contributed by atoms with van der Waals surface area (Å²) in [6, 6.07) is 14.6. The van der Waals surface area contributed by atoms with Crippen LogP contribution in [0.4, 0.5) is 0 Å². The van der Waals surface area contributed by atoms with Crippen molar-refractivity contribution in [2.75, 3.05) is 39.3 Å². The van der Waals surface area contributed by atoms with Crippen LogP contribution in [0.5, 0.6) is 5.75 Å². The maximum absolute atomic E-state index is 9.10. The molecule has 2 aromatic rings. The lowest BCUT2D eigenvalue weighted by molar-refractivity contribution is -0.159. The highest BCUT2D eigenvalue weighted by molar-refractivity contribution is 6.27. The number of benzene rings is 2. The van der Waals surface area contributed by atoms with Crippen molar-refractivity contribution in [2.45, 2.75) is 6.42 Å². The minimum absolute atomic E-state index is 0.790. The Labute approximate surface area is 152 Å². The van der Waals surface area contributed by atoms with Crippen LogP contribution >= 0.6 is 0 Å². The second-order valence-corrected chi connectivity index (χ2v) is 5.88. The monoisotopic (exact) mass is 360 g/mol. The SMILES string of the molecule is O=C(O)C(=O)O.c1ccc2c(OCCCN3CCNCC3)cccc2c1. The summed E-state index contributed by atoms with van der Waals surface area (Å²) in [4.78, 5) is 20.7. The summed E-state index contributed by atoms with van der Waals surface area (Å²) in [6.07, 6.45) is 1.09. The van der Waals surface area contributed by atoms with E-state index in [1.54, 1.807) is 0 Å². The number of carboxylic acids is 2. The van der Waals surface area contributed by atoms with Crippen molar-refractivity contribution in [3.63, 3.8) is 0 Å². The molecule has 0 spiro atoms. The van der Waals surface area contributed by atoms with Crippen LogP contribution in [-0.2, 0) is 9.59 Å². The van der Waals surface area contributed by atoms with E-state index < -0.39 is 11.9 Å². The lowest BCUT2D eigenvalue weighted by Crippen LogP contribution is -2.43. The van der Waals surface area contributed by atoms with Crippen LogP contribution in [0.1, 0.15) is 6.42 Å². The molecular formula is C19H24N2O5. The van der Waals surface area contributed by atoms with Crippen LogP contribution in [0.2, 0.25) is 0 Å². The van der Waals surface area contributed by atoms with Crippen LogP contribution < -0.4 is 10.1 Å². The molecule has 0 atom stereocenters. The van der Waals surface area contributed by atoms with E-state index in [0.717, 1.165) is 51.5 Å². The van der Waals surface area contributed by atoms with Gasteiger partial charge in [-0.25, -0.2) is 9.59 Å². The molecule has 1 aliphatic rings. The fraction of sp³-hybridized carbons (Fsp3) is 0.368. The topological polar surface area (TPSA) is 99.1 Å². The highest BCUT2D eigenvalue weighted by Gasteiger charge is 2.08. The van der Waals surface area contributed by atoms with E-state index in [-0.39, 0.29) is 0 Å². The second-order valence-electron chi connectivity index (χ2n) is 5.88. The molecule has 1 heterocycles. The summed E-state index contributed by atoms with van der Waals surface area (Å²) in [6.45, 7) is 6.47. The number of ether oxygens (including phenoxy) is 1. The standard InChI is InChI=1S/C17H22N2O.C2H2O4/c1-2-7-16-15(5-1)6-3-8-17(16)20-14-4-11-19-12-9-18-10-13-19;3-1(4)2(5)6/h1-3,5-8,18H,4,9-14H2;(H,3,4)(H,5,6). The van der Waals surface area contributed by atoms with Crippen molar-refractivity contribution in [1.82, 2.24) is 10.2 Å². The summed E-state index contributed by atoms with van der Waals surface area (Å²) in [7, 11) is 0. The number of nitrogens with one attached hydrogen (secondary N) is 1. The molecule has 0 unspecified atom stereocenters. The highest BCUT2D eigenvalue weighted by Crippen LogP contribution is 2.25. The van der Waals surface area contributed by atoms with Gasteiger partial charge in [0.1, 0.15) is 5.75 Å². The molecule has 7 nitrogen and oxygen atoms in total. The Hall–Kier alpha value is -2.64. The molecule has 1 saturated heterocycles. The molecule has 0 aromatic heterocycles. The highest BCUT2D eigenvalue weighted by atomic mass is 16.5. The van der Waals surface area contributed by atoms with E-state index in [2.05, 4.69) is 52.7 Å². The Morgan fingerprint density at radius 1 is 1.00 bits per heavy atom. The lowest BCUT2D eigenvalue weighted by Gasteiger charge is -2.27. The van der Waals surface area contributed by atoms with Gasteiger partial charge < -0.3 is 25.2 Å². The maximum Gasteiger partial charge on any atom is 0.414 e. The number of hydrogen-bond acceptors (Lipinski definition) is 5. The molecule has 7 heteroatoms. The van der Waals surface area contributed by atoms with Crippen LogP contribution in [0.3, 0.4) is 0 Å². The summed E-state index contributed by atoms with van der Waals surface area (Å²) in [5.41, 5.74) is 0. The molecule has 26 heavy (non-hydrogen) atoms. The first-order chi connectivity index (χ1) is 12.6. The first-order valence-corrected chi connectivity index (χ1v) is 8.58. The van der Waals surface area contributed by atoms with Crippen LogP contribution in [0.15, 0.2) is 42.5 Å². The van der Waals surface area contributed by atoms with Gasteiger partial charge in [0, 0.05) is 38.1 Å². The Balaban J connectivity index is 0.000000352. The number of aliphatic carboxylic acids is 2. The molecular weight excluding hydrogens is 336 g/mol. The van der Waals surface area contributed by atoms with Crippen molar-refractivity contribution in [3.05, 3.63) is 42.5 Å². The summed E-state index contributed by atoms with van der Waals surface area (Å²) >= 11 is 0. The van der Waals surface area contributed by atoms with Gasteiger partial charge in [-0.3, -0.25) is 0 Å². The van der Waals surface area contributed by atoms with E-state index in [1.807, 2.05) is 0 Å². The number of rotatable bonds is 5. The molecule has 0 amide bonds. The van der Waals surface area contributed by atoms with Crippen molar-refractivity contribution >= 4 is 22.7 Å². The molecule has 1 aliphatic heterocycles. The van der Waals surface area contributed by atoms with Gasteiger partial charge in [0.25, 0.3) is 0 Å². The van der Waals surface area contributed by atoms with Gasteiger partial charge in [0.15, 0.2) is 0 Å². The van der Waals surface area contributed by atoms with E-state index in [1.165, 1.54) is 10.8 Å². The van der Waals surface area contributed by atoms with Crippen molar-refractivity contribution in [3.8, 4) is 5.75 Å². The third-order valence-electron chi connectivity index (χ3n) is 4.02. The zero-order valence-electron chi connectivity index (χ0n) is 14.6. The molecule has 1 fully saturated rings. The Bertz CT molecular complexity index is 711. The third kappa shape index (κ3) is 6.34. The molecule has 3 rings (SSSR count). The van der Waals surface area contributed by atoms with Crippen LogP contribution in [0, 0.1) is 0 Å². The summed E-state index contributed by atoms with van der Waals surface area (Å²) in [5.74, 6) is -2.64. The molecule has 3 N–H and O–H groups in total. The van der Waals surface area contributed by atoms with Gasteiger partial charge in [-0.15, -0.1) is 0 Å². The van der Waals surface area contributed by atoms with Crippen LogP contribution in [0.25, 0.3) is 10.8 Å². The van der Waals surface area contributed by atoms with Gasteiger partial charge >= 0.3 is 11.9 Å². The predicted octanol–water partition coefficient (Wildman–Crippen LogP) is 1.67. The maximum atomic E-state index is 9.10. The number of hydrogen-bond donors (Lipinski definition) is 3. The molecule has 140 valence electrons. The molecule has 2 aromatic carbocycles. The summed E-state index contributed by atoms with van der Waals surface area (Å²) in [5, 5.41) is 20.6. The molecule has 0 radical (unpaired) electrons. The van der Waals surface area contributed by atoms with E-state index >= 15 is 0 Å². The van der Waals surface area contributed by atoms with Gasteiger partial charge in [-0.2, -0.15) is 0 Å². The smallest absolute Gasteiger partial charge is 0.414 e. The lowest BCUT2D eigenvalue weighted by atomic mass is 10.1. The Morgan fingerprint density at radius 3 is 2.35 bits per heavy atom. The zero-order chi connectivity index (χ0) is 18.8. The van der Waals surface area contributed by atoms with Gasteiger partial charge in [-0.05, 0) is 17.9 Å². The average Bonchev–Trinajstić information content (AvgIpc) is 2.66. The molecule has 0 saturated carbocycles. The van der Waals surface area contributed by atoms with Crippen molar-refractivity contribution in [2.24, 2.45) is 0 Å². The zero-order valence-corrected chi connectivity index (χ0v) is 14.6. The van der Waals surface area contributed by atoms with Crippen molar-refractivity contribution in [1.29, 1.82) is 0 Å². The second kappa shape index (κ2) is 10.4. The van der Waals surface area contributed by atoms with E-state index in [0.29, 0.717) is 0 Å². The van der Waals surface area contributed by atoms with E-state index in [4.69, 9.17) is 24.5 Å². The van der Waals surface area contributed by atoms with Gasteiger partial charge in [0.2, 0.25) is 0 Å². The number of piperazine rings is 1. The molecule has 0 aliphatic carbocycles. The first kappa shape index (κ1) is 19.7. The minimum Gasteiger partial charge on any atom is -0.493 e. The van der Waals surface area contributed by atoms with E-state index in [9.17, 15) is 0 Å².